The number of ether oxygens (including phenoxy) is 2. The van der Waals surface area contributed by atoms with Crippen LogP contribution in [0.1, 0.15) is 41.6 Å². The van der Waals surface area contributed by atoms with Gasteiger partial charge in [0.1, 0.15) is 5.75 Å². The first-order valence-corrected chi connectivity index (χ1v) is 9.51. The van der Waals surface area contributed by atoms with Crippen molar-refractivity contribution in [3.63, 3.8) is 0 Å². The van der Waals surface area contributed by atoms with Gasteiger partial charge in [-0.25, -0.2) is 0 Å². The number of esters is 1. The molecule has 0 aliphatic carbocycles. The Kier molecular flexibility index (Phi) is 9.21. The first-order valence-electron chi connectivity index (χ1n) is 9.51. The normalized spacial score (nSPS) is 10.1. The van der Waals surface area contributed by atoms with E-state index >= 15 is 0 Å². The highest BCUT2D eigenvalue weighted by molar-refractivity contribution is 5.95. The third-order valence-corrected chi connectivity index (χ3v) is 4.17. The number of rotatable bonds is 10. The van der Waals surface area contributed by atoms with E-state index in [2.05, 4.69) is 10.9 Å². The molecule has 154 valence electrons. The molecular weight excluding hydrogens is 372 g/mol. The summed E-state index contributed by atoms with van der Waals surface area (Å²) in [5, 5.41) is 0. The second-order valence-corrected chi connectivity index (χ2v) is 6.39. The van der Waals surface area contributed by atoms with Crippen molar-refractivity contribution in [2.75, 3.05) is 13.7 Å². The molecule has 2 N–H and O–H groups in total. The van der Waals surface area contributed by atoms with E-state index in [0.29, 0.717) is 24.3 Å². The molecule has 0 saturated heterocycles. The molecule has 2 aromatic carbocycles. The second-order valence-electron chi connectivity index (χ2n) is 6.39. The number of carbonyl (C=O) groups excluding carboxylic acids is 3. The molecule has 29 heavy (non-hydrogen) atoms. The lowest BCUT2D eigenvalue weighted by Gasteiger charge is -2.08. The molecule has 0 aromatic heterocycles. The van der Waals surface area contributed by atoms with Gasteiger partial charge in [-0.05, 0) is 49.1 Å². The minimum Gasteiger partial charge on any atom is -0.497 e. The number of amides is 2. The molecule has 0 heterocycles. The third-order valence-electron chi connectivity index (χ3n) is 4.17. The fraction of sp³-hybridized carbons (Fsp3) is 0.318. The van der Waals surface area contributed by atoms with Gasteiger partial charge in [0.2, 0.25) is 5.91 Å². The van der Waals surface area contributed by atoms with Gasteiger partial charge < -0.3 is 9.47 Å². The van der Waals surface area contributed by atoms with Crippen LogP contribution in [-0.2, 0) is 20.7 Å². The van der Waals surface area contributed by atoms with Crippen molar-refractivity contribution in [2.24, 2.45) is 0 Å². The molecule has 0 saturated carbocycles. The Morgan fingerprint density at radius 1 is 0.862 bits per heavy atom. The molecule has 2 rings (SSSR count). The molecule has 0 atom stereocenters. The van der Waals surface area contributed by atoms with Crippen LogP contribution >= 0.6 is 0 Å². The summed E-state index contributed by atoms with van der Waals surface area (Å²) in [6.07, 6.45) is 2.23. The van der Waals surface area contributed by atoms with Crippen molar-refractivity contribution >= 4 is 17.8 Å². The molecule has 0 fully saturated rings. The molecule has 0 spiro atoms. The average Bonchev–Trinajstić information content (AvgIpc) is 2.76. The highest BCUT2D eigenvalue weighted by atomic mass is 16.5. The number of aryl methyl sites for hydroxylation is 1. The van der Waals surface area contributed by atoms with E-state index in [1.807, 2.05) is 30.3 Å². The van der Waals surface area contributed by atoms with Gasteiger partial charge in [0.05, 0.1) is 13.7 Å². The molecule has 0 aliphatic heterocycles. The van der Waals surface area contributed by atoms with E-state index in [1.165, 1.54) is 12.7 Å². The topological polar surface area (TPSA) is 93.7 Å². The average molecular weight is 398 g/mol. The van der Waals surface area contributed by atoms with Crippen molar-refractivity contribution in [3.05, 3.63) is 65.7 Å². The largest absolute Gasteiger partial charge is 0.497 e. The molecule has 0 radical (unpaired) electrons. The number of benzene rings is 2. The Balaban J connectivity index is 1.54. The van der Waals surface area contributed by atoms with Gasteiger partial charge in [-0.2, -0.15) is 0 Å². The quantitative estimate of drug-likeness (QED) is 0.365. The minimum atomic E-state index is -0.432. The monoisotopic (exact) mass is 398 g/mol. The van der Waals surface area contributed by atoms with Crippen LogP contribution in [0.4, 0.5) is 0 Å². The van der Waals surface area contributed by atoms with Crippen molar-refractivity contribution in [2.45, 2.75) is 32.1 Å². The van der Waals surface area contributed by atoms with Gasteiger partial charge in [-0.1, -0.05) is 30.3 Å². The van der Waals surface area contributed by atoms with Gasteiger partial charge >= 0.3 is 5.97 Å². The smallest absolute Gasteiger partial charge is 0.305 e. The molecular formula is C22H26N2O5. The molecule has 0 unspecified atom stereocenters. The summed E-state index contributed by atoms with van der Waals surface area (Å²) in [6.45, 7) is 0.359. The fourth-order valence-corrected chi connectivity index (χ4v) is 2.58. The molecule has 7 heteroatoms. The van der Waals surface area contributed by atoms with Gasteiger partial charge in [-0.3, -0.25) is 25.2 Å². The molecule has 2 aromatic rings. The van der Waals surface area contributed by atoms with Gasteiger partial charge in [-0.15, -0.1) is 0 Å². The Labute approximate surface area is 170 Å². The van der Waals surface area contributed by atoms with E-state index in [9.17, 15) is 14.4 Å². The Bertz CT molecular complexity index is 791. The number of hydrogen-bond acceptors (Lipinski definition) is 5. The van der Waals surface area contributed by atoms with Crippen LogP contribution in [0.2, 0.25) is 0 Å². The van der Waals surface area contributed by atoms with Crippen LogP contribution in [0.25, 0.3) is 0 Å². The number of hydrogen-bond donors (Lipinski definition) is 2. The molecule has 0 aliphatic rings. The van der Waals surface area contributed by atoms with Gasteiger partial charge in [0, 0.05) is 18.4 Å². The molecule has 7 nitrogen and oxygen atoms in total. The maximum Gasteiger partial charge on any atom is 0.305 e. The van der Waals surface area contributed by atoms with Crippen LogP contribution in [0.15, 0.2) is 54.6 Å². The zero-order valence-electron chi connectivity index (χ0n) is 16.5. The first-order chi connectivity index (χ1) is 14.1. The summed E-state index contributed by atoms with van der Waals surface area (Å²) in [4.78, 5) is 35.4. The summed E-state index contributed by atoms with van der Waals surface area (Å²) in [7, 11) is 1.54. The van der Waals surface area contributed by atoms with Crippen LogP contribution < -0.4 is 15.6 Å². The van der Waals surface area contributed by atoms with Crippen LogP contribution in [-0.4, -0.2) is 31.5 Å². The predicted octanol–water partition coefficient (Wildman–Crippen LogP) is 2.80. The number of nitrogens with one attached hydrogen (secondary N) is 2. The molecule has 0 bridgehead atoms. The van der Waals surface area contributed by atoms with E-state index in [1.54, 1.807) is 24.3 Å². The van der Waals surface area contributed by atoms with E-state index in [0.717, 1.165) is 12.8 Å². The van der Waals surface area contributed by atoms with Crippen LogP contribution in [0.5, 0.6) is 5.75 Å². The predicted molar refractivity (Wildman–Crippen MR) is 108 cm³/mol. The van der Waals surface area contributed by atoms with E-state index in [-0.39, 0.29) is 24.7 Å². The van der Waals surface area contributed by atoms with Gasteiger partial charge in [0.25, 0.3) is 5.91 Å². The van der Waals surface area contributed by atoms with Crippen molar-refractivity contribution in [1.82, 2.24) is 10.9 Å². The summed E-state index contributed by atoms with van der Waals surface area (Å²) >= 11 is 0. The van der Waals surface area contributed by atoms with E-state index < -0.39 is 5.91 Å². The number of methoxy groups -OCH3 is 1. The van der Waals surface area contributed by atoms with Crippen molar-refractivity contribution in [1.29, 1.82) is 0 Å². The Morgan fingerprint density at radius 3 is 2.28 bits per heavy atom. The summed E-state index contributed by atoms with van der Waals surface area (Å²) < 4.78 is 10.2. The minimum absolute atomic E-state index is 0.113. The second kappa shape index (κ2) is 12.2. The van der Waals surface area contributed by atoms with E-state index in [4.69, 9.17) is 9.47 Å². The maximum absolute atomic E-state index is 11.9. The number of carbonyl (C=O) groups is 3. The Morgan fingerprint density at radius 2 is 1.59 bits per heavy atom. The van der Waals surface area contributed by atoms with Crippen molar-refractivity contribution < 1.29 is 23.9 Å². The summed E-state index contributed by atoms with van der Waals surface area (Å²) in [5.41, 5.74) is 6.27. The van der Waals surface area contributed by atoms with Crippen LogP contribution in [0, 0.1) is 0 Å². The summed E-state index contributed by atoms with van der Waals surface area (Å²) in [6, 6.07) is 16.5. The SMILES string of the molecule is COc1ccc(C(=O)NNC(=O)CCCC(=O)OCCCc2ccccc2)cc1. The maximum atomic E-state index is 11.9. The zero-order valence-corrected chi connectivity index (χ0v) is 16.5. The fourth-order valence-electron chi connectivity index (χ4n) is 2.58. The lowest BCUT2D eigenvalue weighted by molar-refractivity contribution is -0.143. The lowest BCUT2D eigenvalue weighted by atomic mass is 10.1. The highest BCUT2D eigenvalue weighted by Crippen LogP contribution is 2.10. The van der Waals surface area contributed by atoms with Crippen molar-refractivity contribution in [3.8, 4) is 5.75 Å². The standard InChI is InChI=1S/C22H26N2O5/c1-28-19-14-12-18(13-15-19)22(27)24-23-20(25)10-5-11-21(26)29-16-6-9-17-7-3-2-4-8-17/h2-4,7-8,12-15H,5-6,9-11,16H2,1H3,(H,23,25)(H,24,27). The third kappa shape index (κ3) is 8.47. The highest BCUT2D eigenvalue weighted by Gasteiger charge is 2.09. The summed E-state index contributed by atoms with van der Waals surface area (Å²) in [5.74, 6) is -0.492. The van der Waals surface area contributed by atoms with Gasteiger partial charge in [0.15, 0.2) is 0 Å². The zero-order chi connectivity index (χ0) is 20.9. The molecule has 2 amide bonds. The first kappa shape index (κ1) is 21.9. The van der Waals surface area contributed by atoms with Crippen LogP contribution in [0.3, 0.4) is 0 Å². The number of hydrazine groups is 1. The lowest BCUT2D eigenvalue weighted by Crippen LogP contribution is -2.41. The Hall–Kier alpha value is -3.35.